The monoisotopic (exact) mass is 510 g/mol. The van der Waals surface area contributed by atoms with E-state index in [1.54, 1.807) is 19.3 Å². The predicted molar refractivity (Wildman–Crippen MR) is 148 cm³/mol. The lowest BCUT2D eigenvalue weighted by molar-refractivity contribution is 0.121. The number of aryl methyl sites for hydroxylation is 2. The largest absolute Gasteiger partial charge is 0.513 e. The molecule has 3 aromatic carbocycles. The minimum absolute atomic E-state index is 0.373. The number of methoxy groups -OCH3 is 1. The number of carbonyl (C=O) groups is 1. The van der Waals surface area contributed by atoms with Gasteiger partial charge in [0.1, 0.15) is 11.6 Å². The Morgan fingerprint density at radius 3 is 2.61 bits per heavy atom. The van der Waals surface area contributed by atoms with Crippen LogP contribution in [0, 0.1) is 18.4 Å². The molecule has 0 atom stereocenters. The summed E-state index contributed by atoms with van der Waals surface area (Å²) in [5.74, 6) is 1.83. The van der Waals surface area contributed by atoms with E-state index in [1.165, 1.54) is 7.11 Å². The minimum atomic E-state index is -0.755. The molecule has 0 aliphatic heterocycles. The second-order valence-corrected chi connectivity index (χ2v) is 8.71. The van der Waals surface area contributed by atoms with Crippen molar-refractivity contribution < 1.29 is 14.3 Å². The number of hydrogen-bond donors (Lipinski definition) is 2. The van der Waals surface area contributed by atoms with Crippen LogP contribution in [0.15, 0.2) is 65.7 Å². The lowest BCUT2D eigenvalue weighted by Gasteiger charge is -2.13. The third kappa shape index (κ3) is 5.76. The molecule has 0 saturated carbocycles. The van der Waals surface area contributed by atoms with Crippen molar-refractivity contribution in [3.8, 4) is 23.1 Å². The molecule has 4 rings (SSSR count). The van der Waals surface area contributed by atoms with Gasteiger partial charge in [-0.15, -0.1) is 4.99 Å². The molecule has 0 amide bonds. The molecular weight excluding hydrogens is 480 g/mol. The van der Waals surface area contributed by atoms with Crippen LogP contribution in [-0.2, 0) is 17.7 Å². The number of carbonyl (C=O) groups excluding carboxylic acids is 1. The Morgan fingerprint density at radius 2 is 1.92 bits per heavy atom. The van der Waals surface area contributed by atoms with Gasteiger partial charge in [-0.2, -0.15) is 5.26 Å². The van der Waals surface area contributed by atoms with E-state index in [-0.39, 0.29) is 0 Å². The van der Waals surface area contributed by atoms with Crippen LogP contribution >= 0.6 is 0 Å². The van der Waals surface area contributed by atoms with Crippen LogP contribution in [0.3, 0.4) is 0 Å². The number of rotatable bonds is 7. The van der Waals surface area contributed by atoms with Gasteiger partial charge in [0.05, 0.1) is 18.1 Å². The Bertz CT molecular complexity index is 1520. The number of nitriles is 1. The van der Waals surface area contributed by atoms with E-state index < -0.39 is 6.16 Å². The number of aromatic nitrogens is 2. The molecule has 0 unspecified atom stereocenters. The Hall–Kier alpha value is -4.84. The number of benzene rings is 3. The van der Waals surface area contributed by atoms with E-state index in [9.17, 15) is 4.79 Å². The van der Waals surface area contributed by atoms with Gasteiger partial charge in [0, 0.05) is 31.3 Å². The first-order chi connectivity index (χ1) is 18.5. The number of fused-ring (bicyclic) bond motifs is 1. The van der Waals surface area contributed by atoms with Gasteiger partial charge in [0.25, 0.3) is 0 Å². The summed E-state index contributed by atoms with van der Waals surface area (Å²) < 4.78 is 12.2. The van der Waals surface area contributed by atoms with Crippen LogP contribution in [-0.4, -0.2) is 35.8 Å². The first-order valence-electron chi connectivity index (χ1n) is 12.3. The lowest BCUT2D eigenvalue weighted by Crippen LogP contribution is -2.26. The molecule has 4 aromatic rings. The summed E-state index contributed by atoms with van der Waals surface area (Å²) in [5.41, 5.74) is 6.64. The zero-order chi connectivity index (χ0) is 27.1. The van der Waals surface area contributed by atoms with Crippen LogP contribution in [0.5, 0.6) is 5.75 Å². The van der Waals surface area contributed by atoms with Gasteiger partial charge in [0.2, 0.25) is 12.2 Å². The van der Waals surface area contributed by atoms with Gasteiger partial charge in [-0.1, -0.05) is 49.4 Å². The summed E-state index contributed by atoms with van der Waals surface area (Å²) in [6, 6.07) is 19.6. The molecule has 1 heterocycles. The molecule has 1 aromatic heterocycles. The van der Waals surface area contributed by atoms with E-state index in [0.29, 0.717) is 18.3 Å². The summed E-state index contributed by atoms with van der Waals surface area (Å²) >= 11 is 0. The van der Waals surface area contributed by atoms with Crippen molar-refractivity contribution in [3.05, 3.63) is 77.6 Å². The Balaban J connectivity index is 1.68. The summed E-state index contributed by atoms with van der Waals surface area (Å²) in [6.45, 7) is 4.81. The highest BCUT2D eigenvalue weighted by molar-refractivity contribution is 5.96. The predicted octanol–water partition coefficient (Wildman–Crippen LogP) is 5.63. The molecule has 0 bridgehead atoms. The van der Waals surface area contributed by atoms with Crippen LogP contribution in [0.25, 0.3) is 22.2 Å². The molecule has 0 saturated heterocycles. The average molecular weight is 511 g/mol. The fourth-order valence-corrected chi connectivity index (χ4v) is 4.33. The Kier molecular flexibility index (Phi) is 8.23. The van der Waals surface area contributed by atoms with Gasteiger partial charge in [0.15, 0.2) is 0 Å². The van der Waals surface area contributed by atoms with Gasteiger partial charge in [-0.25, -0.2) is 9.78 Å². The number of imidazole rings is 1. The topological polar surface area (TPSA) is 114 Å². The molecule has 0 fully saturated rings. The number of guanidine groups is 1. The quantitative estimate of drug-likeness (QED) is 0.109. The van der Waals surface area contributed by atoms with Crippen molar-refractivity contribution in [3.63, 3.8) is 0 Å². The number of anilines is 1. The van der Waals surface area contributed by atoms with E-state index in [4.69, 9.17) is 15.0 Å². The van der Waals surface area contributed by atoms with E-state index in [1.807, 2.05) is 49.4 Å². The van der Waals surface area contributed by atoms with Crippen molar-refractivity contribution in [2.24, 2.45) is 4.99 Å². The number of aliphatic imine (C=N–C) groups is 1. The van der Waals surface area contributed by atoms with Crippen LogP contribution in [0.2, 0.25) is 0 Å². The van der Waals surface area contributed by atoms with Crippen molar-refractivity contribution in [2.75, 3.05) is 19.5 Å². The Labute approximate surface area is 221 Å². The third-order valence-corrected chi connectivity index (χ3v) is 6.11. The average Bonchev–Trinajstić information content (AvgIpc) is 3.26. The fraction of sp³-hybridized carbons (Fsp3) is 0.241. The van der Waals surface area contributed by atoms with Crippen LogP contribution in [0.1, 0.15) is 30.3 Å². The third-order valence-electron chi connectivity index (χ3n) is 6.11. The molecule has 194 valence electrons. The maximum Gasteiger partial charge on any atom is 0.513 e. The molecule has 0 spiro atoms. The van der Waals surface area contributed by atoms with Gasteiger partial charge < -0.3 is 24.7 Å². The SMILES string of the molecule is CCCc1nc2c(C)cc(NC(=NC#N)NC)cc2n1Cc1ccc(-c2ccccc2OC(=O)OC)cc1. The van der Waals surface area contributed by atoms with Crippen molar-refractivity contribution in [1.29, 1.82) is 5.26 Å². The molecule has 0 aliphatic rings. The highest BCUT2D eigenvalue weighted by atomic mass is 16.7. The number of nitrogens with one attached hydrogen (secondary N) is 2. The second-order valence-electron chi connectivity index (χ2n) is 8.71. The van der Waals surface area contributed by atoms with Gasteiger partial charge in [-0.05, 0) is 48.2 Å². The summed E-state index contributed by atoms with van der Waals surface area (Å²) in [5, 5.41) is 15.0. The first kappa shape index (κ1) is 26.2. The van der Waals surface area contributed by atoms with E-state index in [2.05, 4.69) is 44.0 Å². The smallest absolute Gasteiger partial charge is 0.437 e. The molecule has 38 heavy (non-hydrogen) atoms. The zero-order valence-electron chi connectivity index (χ0n) is 21.9. The van der Waals surface area contributed by atoms with Crippen molar-refractivity contribution in [1.82, 2.24) is 14.9 Å². The standard InChI is InChI=1S/C29H30N6O3/c1-5-8-26-34-27-19(2)15-22(33-28(31-3)32-18-30)16-24(27)35(26)17-20-11-13-21(14-12-20)23-9-6-7-10-25(23)38-29(36)37-4/h6-7,9-16H,5,8,17H2,1-4H3,(H2,31,32,33). The normalized spacial score (nSPS) is 11.2. The lowest BCUT2D eigenvalue weighted by atomic mass is 10.0. The van der Waals surface area contributed by atoms with E-state index in [0.717, 1.165) is 57.6 Å². The molecular formula is C29H30N6O3. The van der Waals surface area contributed by atoms with Gasteiger partial charge >= 0.3 is 6.16 Å². The summed E-state index contributed by atoms with van der Waals surface area (Å²) in [6.07, 6.45) is 2.87. The molecule has 2 N–H and O–H groups in total. The molecule has 9 heteroatoms. The summed E-state index contributed by atoms with van der Waals surface area (Å²) in [4.78, 5) is 20.4. The number of hydrogen-bond acceptors (Lipinski definition) is 6. The van der Waals surface area contributed by atoms with E-state index >= 15 is 0 Å². The molecule has 0 radical (unpaired) electrons. The van der Waals surface area contributed by atoms with Crippen molar-refractivity contribution in [2.45, 2.75) is 33.2 Å². The number of nitrogens with zero attached hydrogens (tertiary/aromatic N) is 4. The first-order valence-corrected chi connectivity index (χ1v) is 12.3. The summed E-state index contributed by atoms with van der Waals surface area (Å²) in [7, 11) is 2.99. The second kappa shape index (κ2) is 11.9. The number of ether oxygens (including phenoxy) is 2. The van der Waals surface area contributed by atoms with Gasteiger partial charge in [-0.3, -0.25) is 0 Å². The maximum atomic E-state index is 11.7. The molecule has 0 aliphatic carbocycles. The van der Waals surface area contributed by atoms with Crippen LogP contribution < -0.4 is 15.4 Å². The minimum Gasteiger partial charge on any atom is -0.437 e. The highest BCUT2D eigenvalue weighted by Crippen LogP contribution is 2.31. The Morgan fingerprint density at radius 1 is 1.16 bits per heavy atom. The fourth-order valence-electron chi connectivity index (χ4n) is 4.33. The molecule has 9 nitrogen and oxygen atoms in total. The zero-order valence-corrected chi connectivity index (χ0v) is 21.9. The highest BCUT2D eigenvalue weighted by Gasteiger charge is 2.15. The number of para-hydroxylation sites is 1. The van der Waals surface area contributed by atoms with Crippen molar-refractivity contribution >= 4 is 28.8 Å². The maximum absolute atomic E-state index is 11.7. The van der Waals surface area contributed by atoms with Crippen LogP contribution in [0.4, 0.5) is 10.5 Å².